The largest absolute Gasteiger partial charge is 0.507 e. The first kappa shape index (κ1) is 12.8. The molecule has 1 aromatic heterocycles. The molecule has 88 valence electrons. The first-order valence-electron chi connectivity index (χ1n) is 5.01. The minimum absolute atomic E-state index is 0.274. The van der Waals surface area contributed by atoms with E-state index in [4.69, 9.17) is 4.42 Å². The van der Waals surface area contributed by atoms with Crippen molar-refractivity contribution in [2.24, 2.45) is 0 Å². The van der Waals surface area contributed by atoms with Crippen molar-refractivity contribution < 1.29 is 14.3 Å². The number of Topliss-reactive ketones (excluding diaryl/α,β-unsaturated/α-hetero) is 1. The van der Waals surface area contributed by atoms with E-state index in [2.05, 4.69) is 6.92 Å². The van der Waals surface area contributed by atoms with Gasteiger partial charge in [0.25, 0.3) is 0 Å². The van der Waals surface area contributed by atoms with Crippen molar-refractivity contribution in [2.45, 2.75) is 26.0 Å². The van der Waals surface area contributed by atoms with Crippen LogP contribution in [0.25, 0.3) is 0 Å². The van der Waals surface area contributed by atoms with E-state index in [1.54, 1.807) is 11.8 Å². The third-order valence-corrected chi connectivity index (χ3v) is 3.11. The molecular formula is C11H14O4S. The highest BCUT2D eigenvalue weighted by molar-refractivity contribution is 7.98. The zero-order valence-electron chi connectivity index (χ0n) is 9.28. The lowest BCUT2D eigenvalue weighted by atomic mass is 10.2. The summed E-state index contributed by atoms with van der Waals surface area (Å²) in [6.45, 7) is 3.27. The molecule has 1 rings (SSSR count). The molecule has 0 amide bonds. The molecule has 0 radical (unpaired) electrons. The van der Waals surface area contributed by atoms with Gasteiger partial charge in [0, 0.05) is 6.07 Å². The lowest BCUT2D eigenvalue weighted by Crippen LogP contribution is -2.12. The molecule has 1 N–H and O–H groups in total. The molecule has 0 atom stereocenters. The number of rotatable bonds is 5. The van der Waals surface area contributed by atoms with Gasteiger partial charge in [-0.25, -0.2) is 4.79 Å². The lowest BCUT2D eigenvalue weighted by Gasteiger charge is -2.02. The highest BCUT2D eigenvalue weighted by Gasteiger charge is 2.14. The van der Waals surface area contributed by atoms with Gasteiger partial charge in [0.05, 0.1) is 5.75 Å². The van der Waals surface area contributed by atoms with Gasteiger partial charge >= 0.3 is 5.63 Å². The molecule has 4 nitrogen and oxygen atoms in total. The predicted molar refractivity (Wildman–Crippen MR) is 63.1 cm³/mol. The Kier molecular flexibility index (Phi) is 4.61. The standard InChI is InChI=1S/C11H14O4S/c1-3-4-16-6-8-5-9(13)10(7(2)12)11(14)15-8/h5,13H,3-4,6H2,1-2H3. The average Bonchev–Trinajstić information content (AvgIpc) is 2.16. The number of hydrogen-bond donors (Lipinski definition) is 1. The van der Waals surface area contributed by atoms with Crippen LogP contribution in [0, 0.1) is 0 Å². The summed E-state index contributed by atoms with van der Waals surface area (Å²) in [6.07, 6.45) is 1.03. The second-order valence-corrected chi connectivity index (χ2v) is 4.47. The van der Waals surface area contributed by atoms with Gasteiger partial charge in [-0.15, -0.1) is 0 Å². The molecule has 0 fully saturated rings. The number of aromatic hydroxyl groups is 1. The van der Waals surface area contributed by atoms with E-state index in [0.717, 1.165) is 12.2 Å². The number of ketones is 1. The molecule has 16 heavy (non-hydrogen) atoms. The zero-order chi connectivity index (χ0) is 12.1. The van der Waals surface area contributed by atoms with E-state index in [-0.39, 0.29) is 11.3 Å². The van der Waals surface area contributed by atoms with Crippen molar-refractivity contribution in [3.8, 4) is 5.75 Å². The summed E-state index contributed by atoms with van der Waals surface area (Å²) in [5, 5.41) is 9.51. The maximum absolute atomic E-state index is 11.4. The van der Waals surface area contributed by atoms with Crippen LogP contribution in [0.4, 0.5) is 0 Å². The highest BCUT2D eigenvalue weighted by atomic mass is 32.2. The van der Waals surface area contributed by atoms with Crippen LogP contribution in [0.3, 0.4) is 0 Å². The summed E-state index contributed by atoms with van der Waals surface area (Å²) < 4.78 is 4.94. The topological polar surface area (TPSA) is 67.5 Å². The summed E-state index contributed by atoms with van der Waals surface area (Å²) in [5.41, 5.74) is -1.04. The Bertz CT molecular complexity index is 436. The lowest BCUT2D eigenvalue weighted by molar-refractivity contribution is 0.101. The van der Waals surface area contributed by atoms with Crippen molar-refractivity contribution in [3.63, 3.8) is 0 Å². The molecule has 0 aliphatic rings. The smallest absolute Gasteiger partial charge is 0.350 e. The Morgan fingerprint density at radius 1 is 1.56 bits per heavy atom. The van der Waals surface area contributed by atoms with Crippen LogP contribution in [0.1, 0.15) is 36.4 Å². The molecule has 1 aromatic rings. The van der Waals surface area contributed by atoms with E-state index in [1.807, 2.05) is 0 Å². The molecule has 0 saturated carbocycles. The Balaban J connectivity index is 2.92. The zero-order valence-corrected chi connectivity index (χ0v) is 10.1. The van der Waals surface area contributed by atoms with Crippen molar-refractivity contribution in [1.29, 1.82) is 0 Å². The molecule has 0 aromatic carbocycles. The summed E-state index contributed by atoms with van der Waals surface area (Å²) in [4.78, 5) is 22.4. The molecule has 0 saturated heterocycles. The van der Waals surface area contributed by atoms with Crippen LogP contribution in [-0.4, -0.2) is 16.6 Å². The second kappa shape index (κ2) is 5.75. The van der Waals surface area contributed by atoms with Gasteiger partial charge in [0.2, 0.25) is 0 Å². The fraction of sp³-hybridized carbons (Fsp3) is 0.455. The third-order valence-electron chi connectivity index (χ3n) is 1.93. The number of thioether (sulfide) groups is 1. The third kappa shape index (κ3) is 3.13. The van der Waals surface area contributed by atoms with Gasteiger partial charge in [-0.3, -0.25) is 4.79 Å². The SMILES string of the molecule is CCCSCc1cc(O)c(C(C)=O)c(=O)o1. The van der Waals surface area contributed by atoms with Crippen LogP contribution in [0.5, 0.6) is 5.75 Å². The monoisotopic (exact) mass is 242 g/mol. The number of carbonyl (C=O) groups is 1. The van der Waals surface area contributed by atoms with Crippen LogP contribution in [0.15, 0.2) is 15.3 Å². The Morgan fingerprint density at radius 3 is 2.75 bits per heavy atom. The Labute approximate surface area is 97.7 Å². The fourth-order valence-electron chi connectivity index (χ4n) is 1.24. The van der Waals surface area contributed by atoms with Crippen molar-refractivity contribution >= 4 is 17.5 Å². The maximum Gasteiger partial charge on any atom is 0.350 e. The summed E-state index contributed by atoms with van der Waals surface area (Å²) in [5.74, 6) is 1.09. The van der Waals surface area contributed by atoms with E-state index in [0.29, 0.717) is 11.5 Å². The molecule has 0 bridgehead atoms. The van der Waals surface area contributed by atoms with Gasteiger partial charge in [0.1, 0.15) is 17.1 Å². The fourth-order valence-corrected chi connectivity index (χ4v) is 2.02. The van der Waals surface area contributed by atoms with Crippen molar-refractivity contribution in [3.05, 3.63) is 27.8 Å². The summed E-state index contributed by atoms with van der Waals surface area (Å²) >= 11 is 1.61. The van der Waals surface area contributed by atoms with Crippen molar-refractivity contribution in [2.75, 3.05) is 5.75 Å². The molecule has 0 spiro atoms. The highest BCUT2D eigenvalue weighted by Crippen LogP contribution is 2.19. The van der Waals surface area contributed by atoms with Crippen LogP contribution < -0.4 is 5.63 Å². The van der Waals surface area contributed by atoms with Gasteiger partial charge in [-0.2, -0.15) is 11.8 Å². The second-order valence-electron chi connectivity index (χ2n) is 3.37. The first-order valence-corrected chi connectivity index (χ1v) is 6.16. The summed E-state index contributed by atoms with van der Waals surface area (Å²) in [6, 6.07) is 1.33. The maximum atomic E-state index is 11.4. The molecule has 0 unspecified atom stereocenters. The molecule has 0 aliphatic heterocycles. The van der Waals surface area contributed by atoms with E-state index >= 15 is 0 Å². The average molecular weight is 242 g/mol. The van der Waals surface area contributed by atoms with E-state index in [1.165, 1.54) is 13.0 Å². The Hall–Kier alpha value is -1.23. The molecule has 1 heterocycles. The van der Waals surface area contributed by atoms with Gasteiger partial charge in [-0.05, 0) is 19.1 Å². The van der Waals surface area contributed by atoms with E-state index < -0.39 is 11.4 Å². The van der Waals surface area contributed by atoms with Gasteiger partial charge < -0.3 is 9.52 Å². The Morgan fingerprint density at radius 2 is 2.25 bits per heavy atom. The number of carbonyl (C=O) groups excluding carboxylic acids is 1. The van der Waals surface area contributed by atoms with E-state index in [9.17, 15) is 14.7 Å². The van der Waals surface area contributed by atoms with Crippen LogP contribution in [0.2, 0.25) is 0 Å². The van der Waals surface area contributed by atoms with Gasteiger partial charge in [-0.1, -0.05) is 6.92 Å². The molecule has 0 aliphatic carbocycles. The van der Waals surface area contributed by atoms with Crippen LogP contribution >= 0.6 is 11.8 Å². The molecule has 5 heteroatoms. The minimum atomic E-state index is -0.764. The normalized spacial score (nSPS) is 10.4. The van der Waals surface area contributed by atoms with Crippen LogP contribution in [-0.2, 0) is 5.75 Å². The number of hydrogen-bond acceptors (Lipinski definition) is 5. The quantitative estimate of drug-likeness (QED) is 0.633. The van der Waals surface area contributed by atoms with Crippen molar-refractivity contribution in [1.82, 2.24) is 0 Å². The van der Waals surface area contributed by atoms with Gasteiger partial charge in [0.15, 0.2) is 5.78 Å². The molecular weight excluding hydrogens is 228 g/mol. The minimum Gasteiger partial charge on any atom is -0.507 e. The predicted octanol–water partition coefficient (Wildman–Crippen LogP) is 2.19. The summed E-state index contributed by atoms with van der Waals surface area (Å²) in [7, 11) is 0. The first-order chi connectivity index (χ1) is 7.56.